The Hall–Kier alpha value is -4.33. The maximum atomic E-state index is 13.4. The topological polar surface area (TPSA) is 104 Å². The van der Waals surface area contributed by atoms with Crippen LogP contribution in [0.25, 0.3) is 10.8 Å². The van der Waals surface area contributed by atoms with Crippen LogP contribution in [0.3, 0.4) is 0 Å². The normalized spacial score (nSPS) is 17.8. The fourth-order valence-electron chi connectivity index (χ4n) is 4.89. The van der Waals surface area contributed by atoms with Gasteiger partial charge in [-0.05, 0) is 41.0 Å². The van der Waals surface area contributed by atoms with Crippen LogP contribution in [0, 0.1) is 0 Å². The predicted molar refractivity (Wildman–Crippen MR) is 134 cm³/mol. The molecule has 3 aromatic rings. The van der Waals surface area contributed by atoms with Gasteiger partial charge < -0.3 is 10.2 Å². The summed E-state index contributed by atoms with van der Waals surface area (Å²) >= 11 is 0. The molecular weight excluding hydrogens is 458 g/mol. The highest BCUT2D eigenvalue weighted by molar-refractivity contribution is 6.23. The zero-order chi connectivity index (χ0) is 25.4. The Morgan fingerprint density at radius 1 is 0.917 bits per heavy atom. The number of anilines is 1. The lowest BCUT2D eigenvalue weighted by Gasteiger charge is -2.23. The Kier molecular flexibility index (Phi) is 6.10. The van der Waals surface area contributed by atoms with E-state index in [0.29, 0.717) is 11.3 Å². The molecule has 8 heteroatoms. The van der Waals surface area contributed by atoms with Crippen molar-refractivity contribution in [3.8, 4) is 0 Å². The number of amides is 4. The molecule has 0 radical (unpaired) electrons. The molecule has 1 saturated carbocycles. The van der Waals surface area contributed by atoms with E-state index in [4.69, 9.17) is 0 Å². The number of hydrogen-bond donors (Lipinski definition) is 1. The lowest BCUT2D eigenvalue weighted by Crippen LogP contribution is -2.44. The Balaban J connectivity index is 1.35. The third kappa shape index (κ3) is 4.26. The number of fused-ring (bicyclic) bond motifs is 2. The van der Waals surface area contributed by atoms with Crippen molar-refractivity contribution in [2.45, 2.75) is 38.3 Å². The molecule has 0 saturated heterocycles. The van der Waals surface area contributed by atoms with Gasteiger partial charge in [-0.25, -0.2) is 4.79 Å². The molecule has 1 heterocycles. The Bertz CT molecular complexity index is 1430. The maximum Gasteiger partial charge on any atom is 0.321 e. The van der Waals surface area contributed by atoms with Crippen LogP contribution in [0.5, 0.6) is 0 Å². The SMILES string of the molecule is CN(Cc1cccc2c1C(=O)N(C1CCC(=O)CCC1=O)C2=O)C(=O)Nc1ccc2ccccc2c1. The fourth-order valence-corrected chi connectivity index (χ4v) is 4.89. The summed E-state index contributed by atoms with van der Waals surface area (Å²) in [5.74, 6) is -1.40. The van der Waals surface area contributed by atoms with Crippen LogP contribution in [-0.4, -0.2) is 52.3 Å². The minimum absolute atomic E-state index is 0.0292. The van der Waals surface area contributed by atoms with Gasteiger partial charge in [0, 0.05) is 38.5 Å². The number of benzene rings is 3. The number of carbonyl (C=O) groups is 5. The lowest BCUT2D eigenvalue weighted by molar-refractivity contribution is -0.124. The predicted octanol–water partition coefficient (Wildman–Crippen LogP) is 4.18. The third-order valence-electron chi connectivity index (χ3n) is 6.82. The van der Waals surface area contributed by atoms with Gasteiger partial charge in [0.05, 0.1) is 17.2 Å². The van der Waals surface area contributed by atoms with Gasteiger partial charge >= 0.3 is 6.03 Å². The summed E-state index contributed by atoms with van der Waals surface area (Å²) in [5.41, 5.74) is 1.57. The van der Waals surface area contributed by atoms with Gasteiger partial charge in [0.2, 0.25) is 0 Å². The first kappa shape index (κ1) is 23.4. The highest BCUT2D eigenvalue weighted by Gasteiger charge is 2.44. The molecule has 8 nitrogen and oxygen atoms in total. The Labute approximate surface area is 207 Å². The smallest absolute Gasteiger partial charge is 0.321 e. The molecule has 2 aliphatic rings. The van der Waals surface area contributed by atoms with Gasteiger partial charge in [-0.1, -0.05) is 42.5 Å². The molecule has 0 spiro atoms. The van der Waals surface area contributed by atoms with E-state index < -0.39 is 17.9 Å². The van der Waals surface area contributed by atoms with Crippen LogP contribution in [-0.2, 0) is 16.1 Å². The van der Waals surface area contributed by atoms with E-state index in [2.05, 4.69) is 5.32 Å². The number of nitrogens with one attached hydrogen (secondary N) is 1. The number of imide groups is 1. The number of urea groups is 1. The maximum absolute atomic E-state index is 13.4. The standard InChI is InChI=1S/C28H25N3O5/c1-30(28(36)29-20-10-9-17-5-2-3-6-18(17)15-20)16-19-7-4-8-22-25(19)27(35)31(26(22)34)23-13-11-21(32)12-14-24(23)33/h2-10,15,23H,11-14,16H2,1H3,(H,29,36). The number of rotatable bonds is 4. The Morgan fingerprint density at radius 2 is 1.69 bits per heavy atom. The number of ketones is 2. The lowest BCUT2D eigenvalue weighted by atomic mass is 10.0. The van der Waals surface area contributed by atoms with E-state index in [9.17, 15) is 24.0 Å². The zero-order valence-electron chi connectivity index (χ0n) is 19.8. The average molecular weight is 484 g/mol. The van der Waals surface area contributed by atoms with Crippen molar-refractivity contribution in [2.75, 3.05) is 12.4 Å². The highest BCUT2D eigenvalue weighted by atomic mass is 16.2. The first-order chi connectivity index (χ1) is 17.3. The second-order valence-corrected chi connectivity index (χ2v) is 9.23. The second-order valence-electron chi connectivity index (χ2n) is 9.23. The molecule has 1 N–H and O–H groups in total. The van der Waals surface area contributed by atoms with Gasteiger partial charge in [-0.3, -0.25) is 24.1 Å². The zero-order valence-corrected chi connectivity index (χ0v) is 19.8. The molecule has 0 aromatic heterocycles. The fraction of sp³-hybridized carbons (Fsp3) is 0.250. The Morgan fingerprint density at radius 3 is 2.50 bits per heavy atom. The van der Waals surface area contributed by atoms with Crippen molar-refractivity contribution in [1.29, 1.82) is 0 Å². The molecule has 0 bridgehead atoms. The minimum atomic E-state index is -0.939. The number of hydrogen-bond acceptors (Lipinski definition) is 5. The van der Waals surface area contributed by atoms with Crippen LogP contribution >= 0.6 is 0 Å². The van der Waals surface area contributed by atoms with Gasteiger partial charge in [-0.15, -0.1) is 0 Å². The summed E-state index contributed by atoms with van der Waals surface area (Å²) in [6.45, 7) is 0.0898. The summed E-state index contributed by atoms with van der Waals surface area (Å²) in [6.07, 6.45) is 0.475. The van der Waals surface area contributed by atoms with Crippen molar-refractivity contribution < 1.29 is 24.0 Å². The molecule has 5 rings (SSSR count). The molecule has 3 aromatic carbocycles. The first-order valence-electron chi connectivity index (χ1n) is 11.9. The largest absolute Gasteiger partial charge is 0.323 e. The highest BCUT2D eigenvalue weighted by Crippen LogP contribution is 2.31. The summed E-state index contributed by atoms with van der Waals surface area (Å²) in [6, 6.07) is 17.1. The molecule has 1 fully saturated rings. The van der Waals surface area contributed by atoms with Crippen LogP contribution in [0.15, 0.2) is 60.7 Å². The molecule has 1 aliphatic carbocycles. The van der Waals surface area contributed by atoms with E-state index in [1.807, 2.05) is 42.5 Å². The van der Waals surface area contributed by atoms with Gasteiger partial charge in [0.25, 0.3) is 11.8 Å². The minimum Gasteiger partial charge on any atom is -0.323 e. The van der Waals surface area contributed by atoms with Crippen molar-refractivity contribution >= 4 is 45.9 Å². The van der Waals surface area contributed by atoms with Crippen LogP contribution in [0.4, 0.5) is 10.5 Å². The van der Waals surface area contributed by atoms with Crippen molar-refractivity contribution in [3.05, 3.63) is 77.4 Å². The van der Waals surface area contributed by atoms with E-state index in [1.54, 1.807) is 25.2 Å². The van der Waals surface area contributed by atoms with E-state index in [-0.39, 0.29) is 61.0 Å². The molecular formula is C28H25N3O5. The second kappa shape index (κ2) is 9.37. The summed E-state index contributed by atoms with van der Waals surface area (Å²) < 4.78 is 0. The number of Topliss-reactive ketones (excluding diaryl/α,β-unsaturated/α-hetero) is 2. The van der Waals surface area contributed by atoms with Crippen LogP contribution in [0.2, 0.25) is 0 Å². The monoisotopic (exact) mass is 483 g/mol. The van der Waals surface area contributed by atoms with E-state index in [0.717, 1.165) is 15.7 Å². The number of carbonyl (C=O) groups excluding carboxylic acids is 5. The average Bonchev–Trinajstić information content (AvgIpc) is 3.01. The van der Waals surface area contributed by atoms with E-state index >= 15 is 0 Å². The van der Waals surface area contributed by atoms with Crippen molar-refractivity contribution in [1.82, 2.24) is 9.80 Å². The summed E-state index contributed by atoms with van der Waals surface area (Å²) in [4.78, 5) is 66.3. The van der Waals surface area contributed by atoms with Crippen LogP contribution < -0.4 is 5.32 Å². The van der Waals surface area contributed by atoms with Crippen LogP contribution in [0.1, 0.15) is 52.0 Å². The van der Waals surface area contributed by atoms with Crippen molar-refractivity contribution in [2.24, 2.45) is 0 Å². The molecule has 36 heavy (non-hydrogen) atoms. The number of nitrogens with zero attached hydrogens (tertiary/aromatic N) is 2. The summed E-state index contributed by atoms with van der Waals surface area (Å²) in [5, 5.41) is 4.93. The molecule has 1 unspecified atom stereocenters. The molecule has 1 atom stereocenters. The molecule has 182 valence electrons. The quantitative estimate of drug-likeness (QED) is 0.443. The molecule has 4 amide bonds. The molecule has 1 aliphatic heterocycles. The third-order valence-corrected chi connectivity index (χ3v) is 6.82. The van der Waals surface area contributed by atoms with E-state index in [1.165, 1.54) is 4.90 Å². The van der Waals surface area contributed by atoms with Gasteiger partial charge in [0.1, 0.15) is 5.78 Å². The van der Waals surface area contributed by atoms with Crippen molar-refractivity contribution in [3.63, 3.8) is 0 Å². The first-order valence-corrected chi connectivity index (χ1v) is 11.9. The van der Waals surface area contributed by atoms with Gasteiger partial charge in [-0.2, -0.15) is 0 Å². The van der Waals surface area contributed by atoms with Gasteiger partial charge in [0.15, 0.2) is 5.78 Å². The summed E-state index contributed by atoms with van der Waals surface area (Å²) in [7, 11) is 1.61.